The first-order chi connectivity index (χ1) is 6.65. The lowest BCUT2D eigenvalue weighted by Gasteiger charge is -1.99. The molecular formula is C10H8Cl2O2. The van der Waals surface area contributed by atoms with E-state index in [0.29, 0.717) is 10.9 Å². The van der Waals surface area contributed by atoms with Gasteiger partial charge in [-0.3, -0.25) is 0 Å². The lowest BCUT2D eigenvalue weighted by Crippen LogP contribution is -1.95. The summed E-state index contributed by atoms with van der Waals surface area (Å²) in [6.45, 7) is 0. The number of carboxylic acids is 1. The summed E-state index contributed by atoms with van der Waals surface area (Å²) in [7, 11) is 0. The molecule has 0 radical (unpaired) electrons. The van der Waals surface area contributed by atoms with E-state index in [0.717, 1.165) is 5.56 Å². The van der Waals surface area contributed by atoms with E-state index in [9.17, 15) is 4.79 Å². The lowest BCUT2D eigenvalue weighted by atomic mass is 10.1. The number of hydrogen-bond donors (Lipinski definition) is 1. The van der Waals surface area contributed by atoms with E-state index >= 15 is 0 Å². The Hall–Kier alpha value is -0.990. The molecule has 0 fully saturated rings. The molecule has 0 saturated carbocycles. The minimum atomic E-state index is -0.986. The predicted molar refractivity (Wildman–Crippen MR) is 58.2 cm³/mol. The molecule has 0 atom stereocenters. The molecule has 0 heterocycles. The highest BCUT2D eigenvalue weighted by Crippen LogP contribution is 2.19. The molecule has 0 bridgehead atoms. The molecule has 0 aliphatic rings. The molecule has 0 unspecified atom stereocenters. The predicted octanol–water partition coefficient (Wildman–Crippen LogP) is 3.29. The van der Waals surface area contributed by atoms with Gasteiger partial charge >= 0.3 is 5.97 Å². The highest BCUT2D eigenvalue weighted by atomic mass is 35.5. The third kappa shape index (κ3) is 2.76. The Morgan fingerprint density at radius 3 is 2.71 bits per heavy atom. The van der Waals surface area contributed by atoms with E-state index in [-0.39, 0.29) is 5.56 Å². The number of alkyl halides is 1. The molecule has 0 amide bonds. The molecule has 0 saturated heterocycles. The normalized spacial score (nSPS) is 10.7. The highest BCUT2D eigenvalue weighted by molar-refractivity contribution is 6.32. The molecule has 4 heteroatoms. The number of halogens is 2. The quantitative estimate of drug-likeness (QED) is 0.810. The van der Waals surface area contributed by atoms with Crippen LogP contribution in [-0.4, -0.2) is 17.0 Å². The second kappa shape index (κ2) is 5.03. The molecule has 1 aromatic carbocycles. The fourth-order valence-electron chi connectivity index (χ4n) is 0.967. The van der Waals surface area contributed by atoms with Crippen LogP contribution in [0.1, 0.15) is 15.9 Å². The van der Waals surface area contributed by atoms with Gasteiger partial charge in [0.2, 0.25) is 0 Å². The lowest BCUT2D eigenvalue weighted by molar-refractivity contribution is 0.0697. The molecule has 1 N–H and O–H groups in total. The fraction of sp³-hybridized carbons (Fsp3) is 0.100. The first-order valence-corrected chi connectivity index (χ1v) is 4.81. The van der Waals surface area contributed by atoms with E-state index in [2.05, 4.69) is 0 Å². The SMILES string of the molecule is O=C(O)c1ccc(C=CCCl)c(Cl)c1. The van der Waals surface area contributed by atoms with Crippen molar-refractivity contribution >= 4 is 35.2 Å². The van der Waals surface area contributed by atoms with E-state index in [1.807, 2.05) is 0 Å². The average molecular weight is 231 g/mol. The van der Waals surface area contributed by atoms with Crippen molar-refractivity contribution in [1.82, 2.24) is 0 Å². The molecule has 0 aromatic heterocycles. The van der Waals surface area contributed by atoms with E-state index in [1.165, 1.54) is 12.1 Å². The van der Waals surface area contributed by atoms with Gasteiger partial charge in [0, 0.05) is 10.9 Å². The standard InChI is InChI=1S/C10H8Cl2O2/c11-5-1-2-7-3-4-8(10(13)14)6-9(7)12/h1-4,6H,5H2,(H,13,14). The summed E-state index contributed by atoms with van der Waals surface area (Å²) in [6, 6.07) is 4.56. The Labute approximate surface area is 91.8 Å². The van der Waals surface area contributed by atoms with Gasteiger partial charge in [-0.05, 0) is 17.7 Å². The van der Waals surface area contributed by atoms with Crippen LogP contribution in [0.3, 0.4) is 0 Å². The molecule has 1 rings (SSSR count). The van der Waals surface area contributed by atoms with Gasteiger partial charge in [0.05, 0.1) is 5.56 Å². The minimum Gasteiger partial charge on any atom is -0.478 e. The summed E-state index contributed by atoms with van der Waals surface area (Å²) < 4.78 is 0. The van der Waals surface area contributed by atoms with Crippen molar-refractivity contribution in [2.45, 2.75) is 0 Å². The maximum atomic E-state index is 10.6. The summed E-state index contributed by atoms with van der Waals surface area (Å²) in [5, 5.41) is 9.09. The van der Waals surface area contributed by atoms with Gasteiger partial charge in [0.1, 0.15) is 0 Å². The molecular weight excluding hydrogens is 223 g/mol. The van der Waals surface area contributed by atoms with Crippen LogP contribution in [0.5, 0.6) is 0 Å². The van der Waals surface area contributed by atoms with Crippen LogP contribution in [-0.2, 0) is 0 Å². The third-order valence-corrected chi connectivity index (χ3v) is 2.14. The highest BCUT2D eigenvalue weighted by Gasteiger charge is 2.04. The maximum absolute atomic E-state index is 10.6. The largest absolute Gasteiger partial charge is 0.478 e. The van der Waals surface area contributed by atoms with Crippen LogP contribution in [0.2, 0.25) is 5.02 Å². The smallest absolute Gasteiger partial charge is 0.335 e. The van der Waals surface area contributed by atoms with Crippen LogP contribution in [0.15, 0.2) is 24.3 Å². The van der Waals surface area contributed by atoms with Gasteiger partial charge in [-0.15, -0.1) is 11.6 Å². The van der Waals surface area contributed by atoms with E-state index in [4.69, 9.17) is 28.3 Å². The van der Waals surface area contributed by atoms with Crippen molar-refractivity contribution in [3.05, 3.63) is 40.4 Å². The van der Waals surface area contributed by atoms with Gasteiger partial charge in [-0.25, -0.2) is 4.79 Å². The zero-order valence-corrected chi connectivity index (χ0v) is 8.72. The van der Waals surface area contributed by atoms with Gasteiger partial charge < -0.3 is 5.11 Å². The second-order valence-electron chi connectivity index (χ2n) is 2.60. The zero-order chi connectivity index (χ0) is 10.6. The topological polar surface area (TPSA) is 37.3 Å². The molecule has 14 heavy (non-hydrogen) atoms. The first-order valence-electron chi connectivity index (χ1n) is 3.90. The van der Waals surface area contributed by atoms with Crippen LogP contribution < -0.4 is 0 Å². The van der Waals surface area contributed by atoms with Gasteiger partial charge in [-0.2, -0.15) is 0 Å². The zero-order valence-electron chi connectivity index (χ0n) is 7.21. The van der Waals surface area contributed by atoms with Crippen molar-refractivity contribution in [2.24, 2.45) is 0 Å². The number of hydrogen-bond acceptors (Lipinski definition) is 1. The second-order valence-corrected chi connectivity index (χ2v) is 3.31. The van der Waals surface area contributed by atoms with Crippen molar-refractivity contribution < 1.29 is 9.90 Å². The van der Waals surface area contributed by atoms with Gasteiger partial charge in [0.15, 0.2) is 0 Å². The Morgan fingerprint density at radius 2 is 2.21 bits per heavy atom. The maximum Gasteiger partial charge on any atom is 0.335 e. The molecule has 0 spiro atoms. The molecule has 0 aliphatic carbocycles. The molecule has 1 aromatic rings. The fourth-order valence-corrected chi connectivity index (χ4v) is 1.30. The average Bonchev–Trinajstić information content (AvgIpc) is 2.15. The van der Waals surface area contributed by atoms with Crippen molar-refractivity contribution in [2.75, 3.05) is 5.88 Å². The number of benzene rings is 1. The number of carbonyl (C=O) groups is 1. The van der Waals surface area contributed by atoms with Crippen molar-refractivity contribution in [3.63, 3.8) is 0 Å². The number of rotatable bonds is 3. The van der Waals surface area contributed by atoms with Crippen LogP contribution in [0.25, 0.3) is 6.08 Å². The van der Waals surface area contributed by atoms with Gasteiger partial charge in [0.25, 0.3) is 0 Å². The summed E-state index contributed by atoms with van der Waals surface area (Å²) >= 11 is 11.3. The van der Waals surface area contributed by atoms with E-state index in [1.54, 1.807) is 18.2 Å². The summed E-state index contributed by atoms with van der Waals surface area (Å²) in [5.41, 5.74) is 0.940. The van der Waals surface area contributed by atoms with E-state index < -0.39 is 5.97 Å². The van der Waals surface area contributed by atoms with Crippen LogP contribution in [0.4, 0.5) is 0 Å². The first kappa shape index (κ1) is 11.1. The van der Waals surface area contributed by atoms with Crippen molar-refractivity contribution in [3.8, 4) is 0 Å². The third-order valence-electron chi connectivity index (χ3n) is 1.63. The monoisotopic (exact) mass is 230 g/mol. The Kier molecular flexibility index (Phi) is 3.98. The summed E-state index contributed by atoms with van der Waals surface area (Å²) in [4.78, 5) is 10.6. The molecule has 74 valence electrons. The van der Waals surface area contributed by atoms with Crippen molar-refractivity contribution in [1.29, 1.82) is 0 Å². The number of allylic oxidation sites excluding steroid dienone is 1. The number of aromatic carboxylic acids is 1. The summed E-state index contributed by atoms with van der Waals surface area (Å²) in [6.07, 6.45) is 3.49. The Bertz CT molecular complexity index is 372. The molecule has 2 nitrogen and oxygen atoms in total. The van der Waals surface area contributed by atoms with Gasteiger partial charge in [-0.1, -0.05) is 29.8 Å². The minimum absolute atomic E-state index is 0.179. The Morgan fingerprint density at radius 1 is 1.50 bits per heavy atom. The number of carboxylic acid groups (broad SMARTS) is 1. The Balaban J connectivity index is 3.01. The van der Waals surface area contributed by atoms with Crippen LogP contribution in [0, 0.1) is 0 Å². The summed E-state index contributed by atoms with van der Waals surface area (Å²) in [5.74, 6) is -0.587. The molecule has 0 aliphatic heterocycles. The van der Waals surface area contributed by atoms with Crippen LogP contribution >= 0.6 is 23.2 Å².